The Balaban J connectivity index is 2.43. The van der Waals surface area contributed by atoms with Crippen molar-refractivity contribution >= 4 is 11.9 Å². The molecule has 0 aliphatic carbocycles. The summed E-state index contributed by atoms with van der Waals surface area (Å²) in [6.07, 6.45) is -3.24. The maximum Gasteiger partial charge on any atom is 0.330 e. The van der Waals surface area contributed by atoms with Gasteiger partial charge in [-0.2, -0.15) is 0 Å². The van der Waals surface area contributed by atoms with E-state index >= 15 is 0 Å². The van der Waals surface area contributed by atoms with Gasteiger partial charge in [0.15, 0.2) is 18.4 Å². The minimum absolute atomic E-state index is 0.523. The van der Waals surface area contributed by atoms with Crippen LogP contribution >= 0.6 is 0 Å². The highest BCUT2D eigenvalue weighted by atomic mass is 16.6. The lowest BCUT2D eigenvalue weighted by Crippen LogP contribution is -2.42. The van der Waals surface area contributed by atoms with Crippen molar-refractivity contribution in [2.75, 3.05) is 6.61 Å². The quantitative estimate of drug-likeness (QED) is 0.623. The molecule has 2 N–H and O–H groups in total. The van der Waals surface area contributed by atoms with E-state index in [9.17, 15) is 24.3 Å². The first kappa shape index (κ1) is 16.9. The number of carbonyl (C=O) groups is 2. The molecule has 1 saturated heterocycles. The van der Waals surface area contributed by atoms with Crippen LogP contribution in [0.15, 0.2) is 21.9 Å². The summed E-state index contributed by atoms with van der Waals surface area (Å²) in [5, 5.41) is 9.38. The first-order chi connectivity index (χ1) is 10.8. The topological polar surface area (TPSA) is 137 Å². The van der Waals surface area contributed by atoms with E-state index in [-0.39, 0.29) is 0 Å². The molecule has 1 aliphatic heterocycles. The first-order valence-electron chi connectivity index (χ1n) is 6.75. The average molecular weight is 328 g/mol. The Morgan fingerprint density at radius 2 is 1.87 bits per heavy atom. The van der Waals surface area contributed by atoms with Crippen LogP contribution in [0.4, 0.5) is 0 Å². The van der Waals surface area contributed by atoms with Gasteiger partial charge in [-0.3, -0.25) is 23.9 Å². The van der Waals surface area contributed by atoms with Crippen molar-refractivity contribution in [1.29, 1.82) is 0 Å². The van der Waals surface area contributed by atoms with E-state index in [1.165, 1.54) is 0 Å². The van der Waals surface area contributed by atoms with Crippen LogP contribution < -0.4 is 11.2 Å². The van der Waals surface area contributed by atoms with Crippen LogP contribution in [-0.4, -0.2) is 51.5 Å². The minimum Gasteiger partial charge on any atom is -0.456 e. The van der Waals surface area contributed by atoms with Crippen molar-refractivity contribution < 1.29 is 28.9 Å². The van der Waals surface area contributed by atoms with Crippen LogP contribution in [0.1, 0.15) is 20.1 Å². The summed E-state index contributed by atoms with van der Waals surface area (Å²) in [4.78, 5) is 47.6. The molecule has 0 spiro atoms. The molecule has 0 radical (unpaired) electrons. The second-order valence-electron chi connectivity index (χ2n) is 4.91. The lowest BCUT2D eigenvalue weighted by Gasteiger charge is -2.23. The number of aromatic nitrogens is 2. The molecule has 10 nitrogen and oxygen atoms in total. The first-order valence-corrected chi connectivity index (χ1v) is 6.75. The Bertz CT molecular complexity index is 708. The molecule has 1 aliphatic rings. The number of aromatic amines is 1. The molecule has 4 atom stereocenters. The molecule has 126 valence electrons. The maximum atomic E-state index is 11.9. The molecule has 1 aromatic heterocycles. The van der Waals surface area contributed by atoms with Gasteiger partial charge in [0, 0.05) is 26.1 Å². The number of carbonyl (C=O) groups excluding carboxylic acids is 2. The fraction of sp³-hybridized carbons (Fsp3) is 0.538. The van der Waals surface area contributed by atoms with Gasteiger partial charge in [-0.25, -0.2) is 4.79 Å². The molecule has 2 heterocycles. The number of nitrogens with zero attached hydrogens (tertiary/aromatic N) is 1. The van der Waals surface area contributed by atoms with Gasteiger partial charge in [0.05, 0.1) is 6.61 Å². The van der Waals surface area contributed by atoms with Gasteiger partial charge in [-0.05, 0) is 0 Å². The Kier molecular flexibility index (Phi) is 4.96. The van der Waals surface area contributed by atoms with E-state index in [4.69, 9.17) is 14.2 Å². The Morgan fingerprint density at radius 1 is 1.26 bits per heavy atom. The Hall–Kier alpha value is -2.46. The van der Waals surface area contributed by atoms with Gasteiger partial charge in [-0.15, -0.1) is 0 Å². The van der Waals surface area contributed by atoms with Crippen LogP contribution in [0.3, 0.4) is 0 Å². The number of aliphatic hydroxyl groups is 1. The fourth-order valence-electron chi connectivity index (χ4n) is 2.36. The molecule has 23 heavy (non-hydrogen) atoms. The van der Waals surface area contributed by atoms with E-state index in [1.54, 1.807) is 0 Å². The highest BCUT2D eigenvalue weighted by Crippen LogP contribution is 2.32. The fourth-order valence-corrected chi connectivity index (χ4v) is 2.36. The largest absolute Gasteiger partial charge is 0.456 e. The summed E-state index contributed by atoms with van der Waals surface area (Å²) in [5.74, 6) is -1.35. The maximum absolute atomic E-state index is 11.9. The summed E-state index contributed by atoms with van der Waals surface area (Å²) >= 11 is 0. The predicted octanol–water partition coefficient (Wildman–Crippen LogP) is -1.71. The van der Waals surface area contributed by atoms with E-state index < -0.39 is 54.3 Å². The molecule has 0 bridgehead atoms. The number of ether oxygens (including phenoxy) is 3. The Labute approximate surface area is 129 Å². The summed E-state index contributed by atoms with van der Waals surface area (Å²) < 4.78 is 16.6. The summed E-state index contributed by atoms with van der Waals surface area (Å²) in [5.41, 5.74) is -1.40. The molecule has 4 unspecified atom stereocenters. The molecule has 2 rings (SSSR count). The van der Waals surface area contributed by atoms with Gasteiger partial charge in [0.25, 0.3) is 5.56 Å². The predicted molar refractivity (Wildman–Crippen MR) is 73.4 cm³/mol. The smallest absolute Gasteiger partial charge is 0.330 e. The number of hydrogen-bond acceptors (Lipinski definition) is 8. The second-order valence-corrected chi connectivity index (χ2v) is 4.91. The van der Waals surface area contributed by atoms with Crippen LogP contribution in [0.25, 0.3) is 0 Å². The highest BCUT2D eigenvalue weighted by Gasteiger charge is 2.50. The average Bonchev–Trinajstić information content (AvgIpc) is 2.76. The molecule has 0 saturated carbocycles. The van der Waals surface area contributed by atoms with E-state index in [0.29, 0.717) is 0 Å². The summed E-state index contributed by atoms with van der Waals surface area (Å²) in [7, 11) is 0. The summed E-state index contributed by atoms with van der Waals surface area (Å²) in [6, 6.07) is 1.09. The third kappa shape index (κ3) is 3.66. The van der Waals surface area contributed by atoms with Crippen LogP contribution in [0.5, 0.6) is 0 Å². The van der Waals surface area contributed by atoms with Crippen molar-refractivity contribution in [3.05, 3.63) is 33.1 Å². The number of rotatable bonds is 4. The highest BCUT2D eigenvalue weighted by molar-refractivity contribution is 5.67. The summed E-state index contributed by atoms with van der Waals surface area (Å²) in [6.45, 7) is 1.77. The van der Waals surface area contributed by atoms with Gasteiger partial charge in [0.2, 0.25) is 0 Å². The molecular formula is C13H16N2O8. The van der Waals surface area contributed by atoms with Crippen LogP contribution in [0, 0.1) is 0 Å². The Morgan fingerprint density at radius 3 is 2.39 bits per heavy atom. The molecule has 10 heteroatoms. The zero-order valence-electron chi connectivity index (χ0n) is 12.4. The monoisotopic (exact) mass is 328 g/mol. The van der Waals surface area contributed by atoms with Gasteiger partial charge < -0.3 is 19.3 Å². The third-order valence-corrected chi connectivity index (χ3v) is 3.19. The lowest BCUT2D eigenvalue weighted by molar-refractivity contribution is -0.165. The second kappa shape index (κ2) is 6.75. The number of nitrogens with one attached hydrogen (secondary N) is 1. The number of aliphatic hydroxyl groups excluding tert-OH is 1. The van der Waals surface area contributed by atoms with E-state index in [1.807, 2.05) is 4.98 Å². The van der Waals surface area contributed by atoms with E-state index in [2.05, 4.69) is 0 Å². The molecular weight excluding hydrogens is 312 g/mol. The van der Waals surface area contributed by atoms with Gasteiger partial charge >= 0.3 is 17.6 Å². The van der Waals surface area contributed by atoms with Crippen LogP contribution in [-0.2, 0) is 23.8 Å². The number of H-pyrrole nitrogens is 1. The van der Waals surface area contributed by atoms with Gasteiger partial charge in [0.1, 0.15) is 6.10 Å². The van der Waals surface area contributed by atoms with Crippen molar-refractivity contribution in [2.45, 2.75) is 38.4 Å². The molecule has 1 aromatic rings. The standard InChI is InChI=1S/C13H16N2O8/c1-6(17)21-10-8(5-16)23-12(11(10)22-7(2)18)15-4-3-9(19)14-13(15)20/h3-4,8,10-12,16H,5H2,1-2H3,(H,14,19,20). The lowest BCUT2D eigenvalue weighted by atomic mass is 10.1. The molecule has 0 aromatic carbocycles. The number of esters is 2. The third-order valence-electron chi connectivity index (χ3n) is 3.19. The molecule has 1 fully saturated rings. The van der Waals surface area contributed by atoms with Crippen molar-refractivity contribution in [2.24, 2.45) is 0 Å². The van der Waals surface area contributed by atoms with Crippen molar-refractivity contribution in [1.82, 2.24) is 9.55 Å². The zero-order chi connectivity index (χ0) is 17.1. The normalized spacial score (nSPS) is 26.7. The minimum atomic E-state index is -1.16. The number of hydrogen-bond donors (Lipinski definition) is 2. The molecule has 0 amide bonds. The van der Waals surface area contributed by atoms with Crippen molar-refractivity contribution in [3.63, 3.8) is 0 Å². The zero-order valence-corrected chi connectivity index (χ0v) is 12.4. The van der Waals surface area contributed by atoms with Crippen molar-refractivity contribution in [3.8, 4) is 0 Å². The van der Waals surface area contributed by atoms with Crippen LogP contribution in [0.2, 0.25) is 0 Å². The SMILES string of the molecule is CC(=O)OC1C(CO)OC(n2ccc(=O)[nH]c2=O)C1OC(C)=O. The van der Waals surface area contributed by atoms with Gasteiger partial charge in [-0.1, -0.05) is 0 Å². The van der Waals surface area contributed by atoms with E-state index in [0.717, 1.165) is 30.7 Å².